The Morgan fingerprint density at radius 1 is 0.625 bits per heavy atom. The average molecular weight is 806 g/mol. The van der Waals surface area contributed by atoms with E-state index in [1.807, 2.05) is 57.4 Å². The van der Waals surface area contributed by atoms with Crippen molar-refractivity contribution >= 4 is 22.8 Å². The Hall–Kier alpha value is -4.38. The van der Waals surface area contributed by atoms with Crippen LogP contribution in [0.2, 0.25) is 11.6 Å². The second-order valence-corrected chi connectivity index (χ2v) is 15.7. The number of aryl methyl sites for hydroxylation is 4. The highest BCUT2D eigenvalue weighted by Gasteiger charge is 2.40. The van der Waals surface area contributed by atoms with Gasteiger partial charge >= 0.3 is 0 Å². The predicted molar refractivity (Wildman–Crippen MR) is 247 cm³/mol. The fourth-order valence-electron chi connectivity index (χ4n) is 7.35. The number of halogens is 1. The van der Waals surface area contributed by atoms with Crippen molar-refractivity contribution < 1.29 is 4.65 Å². The Morgan fingerprint density at radius 3 is 1.48 bits per heavy atom. The fourth-order valence-corrected chi connectivity index (χ4v) is 7.82. The maximum absolute atomic E-state index is 5.56. The second-order valence-electron chi connectivity index (χ2n) is 14.8. The number of hydrogen-bond acceptors (Lipinski definition) is 1. The summed E-state index contributed by atoms with van der Waals surface area (Å²) in [4.78, 5) is 0. The molecule has 2 saturated heterocycles. The van der Waals surface area contributed by atoms with Crippen LogP contribution in [0.1, 0.15) is 142 Å². The van der Waals surface area contributed by atoms with Gasteiger partial charge in [-0.15, -0.1) is 18.3 Å². The lowest BCUT2D eigenvalue weighted by Gasteiger charge is -2.38. The molecule has 4 aromatic rings. The first kappa shape index (κ1) is 46.0. The normalized spacial score (nSPS) is 14.7. The van der Waals surface area contributed by atoms with Gasteiger partial charge in [-0.1, -0.05) is 135 Å². The minimum atomic E-state index is 0.623. The summed E-state index contributed by atoms with van der Waals surface area (Å²) < 4.78 is 6.67. The lowest BCUT2D eigenvalue weighted by Crippen LogP contribution is -2.36. The lowest BCUT2D eigenvalue weighted by atomic mass is 9.38. The van der Waals surface area contributed by atoms with Crippen molar-refractivity contribution in [3.05, 3.63) is 139 Å². The van der Waals surface area contributed by atoms with Gasteiger partial charge in [0.15, 0.2) is 0 Å². The number of unbranched alkanes of at least 4 members (excludes halogenated alkanes) is 2. The van der Waals surface area contributed by atoms with E-state index in [1.54, 1.807) is 0 Å². The number of rotatable bonds is 7. The SMILES string of the molecule is C#Cc1ccc(CCCC)cc1.CC#Cc1ccc(Br)cc1C.CC#Cc1ccc(C#Cc2ccc(CCCC)cc2)cc1C.COB1C2CCCC1CCC2. The zero-order chi connectivity index (χ0) is 40.5. The molecule has 2 fully saturated rings. The topological polar surface area (TPSA) is 9.23 Å². The van der Waals surface area contributed by atoms with Crippen LogP contribution >= 0.6 is 15.9 Å². The summed E-state index contributed by atoms with van der Waals surface area (Å²) in [5, 5.41) is 0. The third kappa shape index (κ3) is 16.4. The average Bonchev–Trinajstić information content (AvgIpc) is 3.21. The maximum atomic E-state index is 5.56. The molecule has 0 saturated carbocycles. The molecule has 2 bridgehead atoms. The van der Waals surface area contributed by atoms with Crippen molar-refractivity contribution in [1.29, 1.82) is 0 Å². The van der Waals surface area contributed by atoms with Gasteiger partial charge in [0.2, 0.25) is 0 Å². The van der Waals surface area contributed by atoms with Crippen molar-refractivity contribution in [2.75, 3.05) is 7.11 Å². The van der Waals surface area contributed by atoms with Crippen LogP contribution in [0.4, 0.5) is 0 Å². The van der Waals surface area contributed by atoms with Gasteiger partial charge in [-0.25, -0.2) is 0 Å². The summed E-state index contributed by atoms with van der Waals surface area (Å²) in [5.41, 5.74) is 10.4. The quantitative estimate of drug-likeness (QED) is 0.134. The molecule has 290 valence electrons. The summed E-state index contributed by atoms with van der Waals surface area (Å²) in [6, 6.07) is 29.1. The van der Waals surface area contributed by atoms with Crippen molar-refractivity contribution in [3.8, 4) is 47.9 Å². The van der Waals surface area contributed by atoms with Crippen LogP contribution in [0.25, 0.3) is 0 Å². The second kappa shape index (κ2) is 26.5. The zero-order valence-corrected chi connectivity index (χ0v) is 36.7. The van der Waals surface area contributed by atoms with Crippen LogP contribution in [0.15, 0.2) is 89.4 Å². The van der Waals surface area contributed by atoms with E-state index in [9.17, 15) is 0 Å². The highest BCUT2D eigenvalue weighted by atomic mass is 79.9. The minimum absolute atomic E-state index is 0.623. The third-order valence-corrected chi connectivity index (χ3v) is 11.0. The molecule has 0 aromatic heterocycles. The molecular weight excluding hydrogens is 743 g/mol. The minimum Gasteiger partial charge on any atom is -0.438 e. The molecule has 1 nitrogen and oxygen atoms in total. The molecule has 56 heavy (non-hydrogen) atoms. The van der Waals surface area contributed by atoms with Crippen LogP contribution < -0.4 is 0 Å². The van der Waals surface area contributed by atoms with Gasteiger partial charge in [0, 0.05) is 39.4 Å². The van der Waals surface area contributed by atoms with Crippen LogP contribution in [-0.2, 0) is 17.5 Å². The lowest BCUT2D eigenvalue weighted by molar-refractivity contribution is 0.326. The van der Waals surface area contributed by atoms with Gasteiger partial charge in [-0.2, -0.15) is 0 Å². The number of terminal acetylenes is 1. The van der Waals surface area contributed by atoms with Crippen molar-refractivity contribution in [2.24, 2.45) is 0 Å². The molecule has 0 atom stereocenters. The third-order valence-electron chi connectivity index (χ3n) is 10.5. The molecule has 0 radical (unpaired) electrons. The predicted octanol–water partition coefficient (Wildman–Crippen LogP) is 14.0. The molecule has 0 aliphatic carbocycles. The molecule has 0 unspecified atom stereocenters. The molecule has 0 spiro atoms. The monoisotopic (exact) mass is 804 g/mol. The van der Waals surface area contributed by atoms with Gasteiger partial charge < -0.3 is 4.65 Å². The summed E-state index contributed by atoms with van der Waals surface area (Å²) >= 11 is 3.40. The Bertz CT molecular complexity index is 1980. The Balaban J connectivity index is 0.000000212. The van der Waals surface area contributed by atoms with Crippen LogP contribution in [-0.4, -0.2) is 14.0 Å². The van der Waals surface area contributed by atoms with E-state index in [4.69, 9.17) is 11.1 Å². The van der Waals surface area contributed by atoms with E-state index in [0.717, 1.165) is 50.3 Å². The van der Waals surface area contributed by atoms with Crippen molar-refractivity contribution in [3.63, 3.8) is 0 Å². The first-order valence-corrected chi connectivity index (χ1v) is 21.5. The molecule has 3 heteroatoms. The van der Waals surface area contributed by atoms with Crippen LogP contribution in [0, 0.1) is 61.7 Å². The van der Waals surface area contributed by atoms with Gasteiger partial charge in [0.1, 0.15) is 0 Å². The largest absolute Gasteiger partial charge is 0.438 e. The first-order valence-electron chi connectivity index (χ1n) is 20.7. The molecule has 0 amide bonds. The van der Waals surface area contributed by atoms with Crippen molar-refractivity contribution in [2.45, 2.75) is 130 Å². The van der Waals surface area contributed by atoms with Gasteiger partial charge in [-0.3, -0.25) is 0 Å². The summed E-state index contributed by atoms with van der Waals surface area (Å²) in [5.74, 6) is 22.9. The van der Waals surface area contributed by atoms with E-state index in [2.05, 4.69) is 134 Å². The van der Waals surface area contributed by atoms with E-state index >= 15 is 0 Å². The van der Waals surface area contributed by atoms with Gasteiger partial charge in [0.25, 0.3) is 6.92 Å². The van der Waals surface area contributed by atoms with E-state index in [0.29, 0.717) is 6.92 Å². The molecule has 2 aliphatic heterocycles. The zero-order valence-electron chi connectivity index (χ0n) is 35.2. The fraction of sp³-hybridized carbons (Fsp3) is 0.396. The number of hydrogen-bond donors (Lipinski definition) is 0. The molecule has 2 heterocycles. The summed E-state index contributed by atoms with van der Waals surface area (Å²) in [6.07, 6.45) is 21.2. The Morgan fingerprint density at radius 2 is 1.07 bits per heavy atom. The standard InChI is InChI=1S/C22H22.C12H14.C10H9Br.C9H17BO/c1-4-6-8-19-9-11-20(12-10-19)13-14-21-15-16-22(7-5-2)18(3)17-21;1-3-5-6-12-9-7-11(4-2)8-10-12;1-3-4-9-5-6-10(11)7-8(9)2;1-11-10-8-4-2-5-9(10)7-3-6-8/h9-12,15-17H,4,6,8H2,1-3H3;2,7-10H,3,5-6H2,1H3;5-7H,1-2H3;8-9H,2-7H2,1H3. The van der Waals surface area contributed by atoms with Crippen LogP contribution in [0.3, 0.4) is 0 Å². The molecule has 0 N–H and O–H groups in total. The summed E-state index contributed by atoms with van der Waals surface area (Å²) in [7, 11) is 1.89. The van der Waals surface area contributed by atoms with Gasteiger partial charge in [-0.05, 0) is 148 Å². The van der Waals surface area contributed by atoms with E-state index in [-0.39, 0.29) is 0 Å². The van der Waals surface area contributed by atoms with E-state index in [1.165, 1.54) is 92.9 Å². The first-order chi connectivity index (χ1) is 27.2. The van der Waals surface area contributed by atoms with E-state index < -0.39 is 0 Å². The molecule has 4 aromatic carbocycles. The van der Waals surface area contributed by atoms with Crippen LogP contribution in [0.5, 0.6) is 0 Å². The Kier molecular flexibility index (Phi) is 21.8. The molecule has 6 rings (SSSR count). The molecule has 2 aliphatic rings. The Labute approximate surface area is 350 Å². The highest BCUT2D eigenvalue weighted by molar-refractivity contribution is 9.10. The van der Waals surface area contributed by atoms with Crippen molar-refractivity contribution in [1.82, 2.24) is 0 Å². The smallest absolute Gasteiger partial charge is 0.298 e. The molecular formula is C53H62BBrO. The van der Waals surface area contributed by atoms with Gasteiger partial charge in [0.05, 0.1) is 0 Å². The highest BCUT2D eigenvalue weighted by Crippen LogP contribution is 2.46. The summed E-state index contributed by atoms with van der Waals surface area (Å²) in [6.45, 7) is 12.9. The number of benzene rings is 4. The number of fused-ring (bicyclic) bond motifs is 2. The maximum Gasteiger partial charge on any atom is 0.298 e.